The first-order valence-corrected chi connectivity index (χ1v) is 3.47. The summed E-state index contributed by atoms with van der Waals surface area (Å²) >= 11 is 0. The molecule has 5 heteroatoms. The van der Waals surface area contributed by atoms with Gasteiger partial charge >= 0.3 is 0 Å². The summed E-state index contributed by atoms with van der Waals surface area (Å²) in [7, 11) is 2.08. The van der Waals surface area contributed by atoms with E-state index in [2.05, 4.69) is 11.9 Å². The molecule has 0 aromatic rings. The fraction of sp³-hybridized carbons (Fsp3) is 0.833. The molecular formula is C6H15IN4. The molecule has 0 unspecified atom stereocenters. The third-order valence-electron chi connectivity index (χ3n) is 1.84. The van der Waals surface area contributed by atoms with Crippen LogP contribution >= 0.6 is 24.0 Å². The molecule has 1 aliphatic rings. The van der Waals surface area contributed by atoms with E-state index >= 15 is 0 Å². The number of nitrogens with one attached hydrogen (secondary N) is 1. The van der Waals surface area contributed by atoms with Gasteiger partial charge in [-0.25, -0.2) is 0 Å². The van der Waals surface area contributed by atoms with Crippen LogP contribution in [-0.2, 0) is 0 Å². The Balaban J connectivity index is 0.000001000. The molecule has 0 atom stereocenters. The summed E-state index contributed by atoms with van der Waals surface area (Å²) in [5.74, 6) is 0.202. The fourth-order valence-corrected chi connectivity index (χ4v) is 1.05. The topological polar surface area (TPSA) is 56.4 Å². The van der Waals surface area contributed by atoms with Crippen LogP contribution in [0.15, 0.2) is 0 Å². The van der Waals surface area contributed by atoms with Crippen molar-refractivity contribution in [2.45, 2.75) is 0 Å². The first-order valence-electron chi connectivity index (χ1n) is 3.47. The molecule has 0 aliphatic carbocycles. The first kappa shape index (κ1) is 11.0. The molecule has 1 saturated heterocycles. The van der Waals surface area contributed by atoms with Gasteiger partial charge < -0.3 is 15.5 Å². The van der Waals surface area contributed by atoms with Crippen LogP contribution in [0.1, 0.15) is 0 Å². The minimum atomic E-state index is 0. The monoisotopic (exact) mass is 270 g/mol. The van der Waals surface area contributed by atoms with Crippen molar-refractivity contribution < 1.29 is 0 Å². The molecule has 4 nitrogen and oxygen atoms in total. The predicted octanol–water partition coefficient (Wildman–Crippen LogP) is -0.255. The summed E-state index contributed by atoms with van der Waals surface area (Å²) in [6, 6.07) is 0. The number of nitrogens with zero attached hydrogens (tertiary/aromatic N) is 2. The highest BCUT2D eigenvalue weighted by Gasteiger charge is 2.13. The maximum Gasteiger partial charge on any atom is 0.188 e. The molecule has 66 valence electrons. The van der Waals surface area contributed by atoms with Crippen molar-refractivity contribution in [2.24, 2.45) is 5.73 Å². The highest BCUT2D eigenvalue weighted by atomic mass is 127. The molecule has 0 spiro atoms. The molecule has 1 heterocycles. The van der Waals surface area contributed by atoms with Crippen molar-refractivity contribution in [1.29, 1.82) is 5.41 Å². The molecule has 1 fully saturated rings. The van der Waals surface area contributed by atoms with Crippen LogP contribution in [0.2, 0.25) is 0 Å². The van der Waals surface area contributed by atoms with Crippen molar-refractivity contribution >= 4 is 29.9 Å². The molecule has 11 heavy (non-hydrogen) atoms. The quantitative estimate of drug-likeness (QED) is 0.362. The lowest BCUT2D eigenvalue weighted by Crippen LogP contribution is -2.49. The molecule has 0 aromatic heterocycles. The summed E-state index contributed by atoms with van der Waals surface area (Å²) in [6.45, 7) is 3.82. The van der Waals surface area contributed by atoms with Gasteiger partial charge in [0, 0.05) is 26.2 Å². The van der Waals surface area contributed by atoms with E-state index in [0.717, 1.165) is 26.2 Å². The van der Waals surface area contributed by atoms with Gasteiger partial charge in [-0.1, -0.05) is 0 Å². The van der Waals surface area contributed by atoms with Crippen LogP contribution in [0.4, 0.5) is 0 Å². The Bertz CT molecular complexity index is 131. The van der Waals surface area contributed by atoms with Crippen LogP contribution in [0, 0.1) is 5.41 Å². The Morgan fingerprint density at radius 3 is 2.09 bits per heavy atom. The standard InChI is InChI=1S/C6H14N4.HI/c1-9-2-4-10(5-3-9)6(7)8;/h2-5H2,1H3,(H3,7,8);1H. The number of halogens is 1. The molecule has 3 N–H and O–H groups in total. The van der Waals surface area contributed by atoms with Gasteiger partial charge in [0.2, 0.25) is 0 Å². The largest absolute Gasteiger partial charge is 0.370 e. The Labute approximate surface area is 84.2 Å². The van der Waals surface area contributed by atoms with Gasteiger partial charge in [-0.05, 0) is 7.05 Å². The minimum Gasteiger partial charge on any atom is -0.370 e. The molecule has 0 bridgehead atoms. The number of hydrogen-bond donors (Lipinski definition) is 2. The number of nitrogens with two attached hydrogens (primary N) is 1. The normalized spacial score (nSPS) is 19.2. The summed E-state index contributed by atoms with van der Waals surface area (Å²) in [5, 5.41) is 7.14. The predicted molar refractivity (Wildman–Crippen MR) is 56.4 cm³/mol. The molecular weight excluding hydrogens is 255 g/mol. The molecule has 0 radical (unpaired) electrons. The van der Waals surface area contributed by atoms with E-state index in [1.165, 1.54) is 0 Å². The third-order valence-corrected chi connectivity index (χ3v) is 1.84. The number of likely N-dealkylation sites (N-methyl/N-ethyl adjacent to an activating group) is 1. The maximum atomic E-state index is 7.14. The minimum absolute atomic E-state index is 0. The summed E-state index contributed by atoms with van der Waals surface area (Å²) < 4.78 is 0. The van der Waals surface area contributed by atoms with E-state index in [1.807, 2.05) is 4.90 Å². The fourth-order valence-electron chi connectivity index (χ4n) is 1.05. The van der Waals surface area contributed by atoms with Crippen molar-refractivity contribution in [3.05, 3.63) is 0 Å². The molecule has 1 aliphatic heterocycles. The second kappa shape index (κ2) is 4.76. The summed E-state index contributed by atoms with van der Waals surface area (Å²) in [5.41, 5.74) is 5.30. The van der Waals surface area contributed by atoms with Crippen LogP contribution in [0.3, 0.4) is 0 Å². The average Bonchev–Trinajstić information content (AvgIpc) is 1.88. The molecule has 0 amide bonds. The van der Waals surface area contributed by atoms with Gasteiger partial charge in [0.1, 0.15) is 0 Å². The average molecular weight is 270 g/mol. The number of rotatable bonds is 0. The number of guanidine groups is 1. The Kier molecular flexibility index (Phi) is 4.74. The lowest BCUT2D eigenvalue weighted by atomic mass is 10.3. The SMILES string of the molecule is CN1CCN(C(=N)N)CC1.I. The second-order valence-electron chi connectivity index (χ2n) is 2.68. The van der Waals surface area contributed by atoms with E-state index in [-0.39, 0.29) is 29.9 Å². The van der Waals surface area contributed by atoms with Crippen molar-refractivity contribution in [3.63, 3.8) is 0 Å². The van der Waals surface area contributed by atoms with Crippen molar-refractivity contribution in [1.82, 2.24) is 9.80 Å². The van der Waals surface area contributed by atoms with Gasteiger partial charge in [-0.15, -0.1) is 24.0 Å². The van der Waals surface area contributed by atoms with Crippen molar-refractivity contribution in [2.75, 3.05) is 33.2 Å². The first-order chi connectivity index (χ1) is 4.70. The molecule has 1 rings (SSSR count). The van der Waals surface area contributed by atoms with Gasteiger partial charge in [0.25, 0.3) is 0 Å². The van der Waals surface area contributed by atoms with E-state index in [9.17, 15) is 0 Å². The Morgan fingerprint density at radius 2 is 1.73 bits per heavy atom. The number of hydrogen-bond acceptors (Lipinski definition) is 2. The zero-order valence-corrected chi connectivity index (χ0v) is 9.04. The van der Waals surface area contributed by atoms with Crippen LogP contribution < -0.4 is 5.73 Å². The number of piperazine rings is 1. The van der Waals surface area contributed by atoms with Crippen molar-refractivity contribution in [3.8, 4) is 0 Å². The highest BCUT2D eigenvalue weighted by Crippen LogP contribution is 1.96. The Hall–Kier alpha value is -0.0400. The van der Waals surface area contributed by atoms with E-state index < -0.39 is 0 Å². The van der Waals surface area contributed by atoms with Gasteiger partial charge in [0.05, 0.1) is 0 Å². The summed E-state index contributed by atoms with van der Waals surface area (Å²) in [4.78, 5) is 4.12. The zero-order chi connectivity index (χ0) is 7.56. The molecule has 0 aromatic carbocycles. The van der Waals surface area contributed by atoms with Gasteiger partial charge in [-0.3, -0.25) is 5.41 Å². The van der Waals surface area contributed by atoms with Gasteiger partial charge in [-0.2, -0.15) is 0 Å². The zero-order valence-electron chi connectivity index (χ0n) is 6.71. The lowest BCUT2D eigenvalue weighted by molar-refractivity contribution is 0.213. The second-order valence-corrected chi connectivity index (χ2v) is 2.68. The third kappa shape index (κ3) is 3.24. The molecule has 0 saturated carbocycles. The lowest BCUT2D eigenvalue weighted by Gasteiger charge is -2.32. The van der Waals surface area contributed by atoms with Gasteiger partial charge in [0.15, 0.2) is 5.96 Å². The van der Waals surface area contributed by atoms with E-state index in [0.29, 0.717) is 0 Å². The van der Waals surface area contributed by atoms with Crippen LogP contribution in [0.5, 0.6) is 0 Å². The maximum absolute atomic E-state index is 7.14. The highest BCUT2D eigenvalue weighted by molar-refractivity contribution is 14.0. The van der Waals surface area contributed by atoms with Crippen LogP contribution in [-0.4, -0.2) is 49.0 Å². The Morgan fingerprint density at radius 1 is 1.27 bits per heavy atom. The van der Waals surface area contributed by atoms with E-state index in [4.69, 9.17) is 11.1 Å². The van der Waals surface area contributed by atoms with E-state index in [1.54, 1.807) is 0 Å². The summed E-state index contributed by atoms with van der Waals surface area (Å²) in [6.07, 6.45) is 0. The smallest absolute Gasteiger partial charge is 0.188 e. The van der Waals surface area contributed by atoms with Crippen LogP contribution in [0.25, 0.3) is 0 Å².